The van der Waals surface area contributed by atoms with Crippen molar-refractivity contribution in [2.45, 2.75) is 13.3 Å². The highest BCUT2D eigenvalue weighted by molar-refractivity contribution is 9.10. The number of hydrogen-bond acceptors (Lipinski definition) is 6. The molecule has 0 amide bonds. The molecule has 0 aliphatic carbocycles. The van der Waals surface area contributed by atoms with Crippen LogP contribution in [0.1, 0.15) is 11.4 Å². The summed E-state index contributed by atoms with van der Waals surface area (Å²) in [5, 5.41) is 20.3. The van der Waals surface area contributed by atoms with Crippen LogP contribution in [-0.2, 0) is 6.42 Å². The summed E-state index contributed by atoms with van der Waals surface area (Å²) in [5.74, 6) is 1.34. The van der Waals surface area contributed by atoms with Crippen LogP contribution in [-0.4, -0.2) is 31.6 Å². The zero-order chi connectivity index (χ0) is 13.8. The van der Waals surface area contributed by atoms with Gasteiger partial charge in [-0.1, -0.05) is 0 Å². The van der Waals surface area contributed by atoms with Crippen LogP contribution >= 0.6 is 15.9 Å². The lowest BCUT2D eigenvalue weighted by Gasteiger charge is -2.08. The topological polar surface area (TPSA) is 110 Å². The van der Waals surface area contributed by atoms with E-state index in [1.54, 1.807) is 6.92 Å². The molecule has 0 aromatic carbocycles. The van der Waals surface area contributed by atoms with Crippen LogP contribution in [0, 0.1) is 17.0 Å². The minimum atomic E-state index is -0.453. The SMILES string of the molecule is Cc1c([N+](=O)[O-])cnc(NCCc2ncn[nH]2)c1Br. The summed E-state index contributed by atoms with van der Waals surface area (Å²) in [6, 6.07) is 0. The predicted octanol–water partition coefficient (Wildman–Crippen LogP) is 1.83. The van der Waals surface area contributed by atoms with Crippen molar-refractivity contribution in [1.82, 2.24) is 20.2 Å². The van der Waals surface area contributed by atoms with Gasteiger partial charge in [0.2, 0.25) is 0 Å². The maximum absolute atomic E-state index is 10.8. The number of aromatic amines is 1. The van der Waals surface area contributed by atoms with Crippen molar-refractivity contribution in [3.05, 3.63) is 38.5 Å². The molecule has 0 fully saturated rings. The second-order valence-electron chi connectivity index (χ2n) is 3.80. The average Bonchev–Trinajstić information content (AvgIpc) is 2.87. The molecule has 9 heteroatoms. The Morgan fingerprint density at radius 1 is 1.53 bits per heavy atom. The molecule has 0 aliphatic rings. The Kier molecular flexibility index (Phi) is 4.05. The minimum Gasteiger partial charge on any atom is -0.369 e. The van der Waals surface area contributed by atoms with Crippen molar-refractivity contribution < 1.29 is 4.92 Å². The molecule has 0 spiro atoms. The molecule has 0 saturated carbocycles. The van der Waals surface area contributed by atoms with Crippen molar-refractivity contribution >= 4 is 27.4 Å². The number of H-pyrrole nitrogens is 1. The number of hydrogen-bond donors (Lipinski definition) is 2. The van der Waals surface area contributed by atoms with Gasteiger partial charge >= 0.3 is 0 Å². The largest absolute Gasteiger partial charge is 0.369 e. The molecule has 0 aliphatic heterocycles. The van der Waals surface area contributed by atoms with E-state index in [4.69, 9.17) is 0 Å². The summed E-state index contributed by atoms with van der Waals surface area (Å²) in [6.45, 7) is 2.27. The summed E-state index contributed by atoms with van der Waals surface area (Å²) in [5.41, 5.74) is 0.537. The van der Waals surface area contributed by atoms with Gasteiger partial charge in [0.05, 0.1) is 9.40 Å². The van der Waals surface area contributed by atoms with Gasteiger partial charge in [-0.3, -0.25) is 15.2 Å². The molecule has 100 valence electrons. The van der Waals surface area contributed by atoms with Crippen LogP contribution in [0.5, 0.6) is 0 Å². The first-order valence-corrected chi connectivity index (χ1v) is 6.26. The maximum atomic E-state index is 10.8. The zero-order valence-electron chi connectivity index (χ0n) is 10.1. The second kappa shape index (κ2) is 5.74. The van der Waals surface area contributed by atoms with Gasteiger partial charge < -0.3 is 5.32 Å². The monoisotopic (exact) mass is 326 g/mol. The van der Waals surface area contributed by atoms with E-state index in [0.717, 1.165) is 5.82 Å². The molecule has 2 rings (SSSR count). The second-order valence-corrected chi connectivity index (χ2v) is 4.59. The third-order valence-corrected chi connectivity index (χ3v) is 3.52. The van der Waals surface area contributed by atoms with Gasteiger partial charge in [-0.25, -0.2) is 9.97 Å². The van der Waals surface area contributed by atoms with E-state index in [9.17, 15) is 10.1 Å². The van der Waals surface area contributed by atoms with E-state index < -0.39 is 4.92 Å². The molecule has 0 radical (unpaired) electrons. The molecule has 2 heterocycles. The van der Waals surface area contributed by atoms with Crippen LogP contribution < -0.4 is 5.32 Å². The average molecular weight is 327 g/mol. The van der Waals surface area contributed by atoms with Gasteiger partial charge in [-0.2, -0.15) is 5.10 Å². The van der Waals surface area contributed by atoms with E-state index in [-0.39, 0.29) is 5.69 Å². The number of nitrogens with one attached hydrogen (secondary N) is 2. The highest BCUT2D eigenvalue weighted by Gasteiger charge is 2.16. The van der Waals surface area contributed by atoms with Crippen molar-refractivity contribution in [2.75, 3.05) is 11.9 Å². The van der Waals surface area contributed by atoms with Gasteiger partial charge in [0.1, 0.15) is 24.2 Å². The number of pyridine rings is 1. The Morgan fingerprint density at radius 2 is 2.32 bits per heavy atom. The molecule has 0 bridgehead atoms. The first-order valence-electron chi connectivity index (χ1n) is 5.47. The molecule has 19 heavy (non-hydrogen) atoms. The predicted molar refractivity (Wildman–Crippen MR) is 71.9 cm³/mol. The number of nitrogens with zero attached hydrogens (tertiary/aromatic N) is 4. The number of rotatable bonds is 5. The van der Waals surface area contributed by atoms with Crippen LogP contribution in [0.15, 0.2) is 17.0 Å². The van der Waals surface area contributed by atoms with E-state index in [0.29, 0.717) is 28.8 Å². The number of nitro groups is 1. The Morgan fingerprint density at radius 3 is 2.95 bits per heavy atom. The number of aromatic nitrogens is 4. The fourth-order valence-electron chi connectivity index (χ4n) is 1.53. The fraction of sp³-hybridized carbons (Fsp3) is 0.300. The minimum absolute atomic E-state index is 0.00680. The molecule has 2 aromatic rings. The van der Waals surface area contributed by atoms with Crippen LogP contribution in [0.3, 0.4) is 0 Å². The highest BCUT2D eigenvalue weighted by Crippen LogP contribution is 2.30. The first-order chi connectivity index (χ1) is 9.09. The molecule has 2 N–H and O–H groups in total. The molecule has 0 atom stereocenters. The van der Waals surface area contributed by atoms with Gasteiger partial charge in [0, 0.05) is 18.5 Å². The maximum Gasteiger partial charge on any atom is 0.291 e. The summed E-state index contributed by atoms with van der Waals surface area (Å²) in [4.78, 5) is 18.3. The number of anilines is 1. The summed E-state index contributed by atoms with van der Waals surface area (Å²) in [6.07, 6.45) is 3.35. The van der Waals surface area contributed by atoms with Crippen molar-refractivity contribution in [3.8, 4) is 0 Å². The molecule has 0 unspecified atom stereocenters. The molecule has 2 aromatic heterocycles. The lowest BCUT2D eigenvalue weighted by atomic mass is 10.2. The molecule has 8 nitrogen and oxygen atoms in total. The normalized spacial score (nSPS) is 10.4. The summed E-state index contributed by atoms with van der Waals surface area (Å²) in [7, 11) is 0. The van der Waals surface area contributed by atoms with Crippen LogP contribution in [0.25, 0.3) is 0 Å². The first kappa shape index (κ1) is 13.4. The van der Waals surface area contributed by atoms with E-state index >= 15 is 0 Å². The fourth-order valence-corrected chi connectivity index (χ4v) is 1.97. The zero-order valence-corrected chi connectivity index (χ0v) is 11.6. The number of halogens is 1. The van der Waals surface area contributed by atoms with Gasteiger partial charge in [0.25, 0.3) is 5.69 Å². The molecular weight excluding hydrogens is 316 g/mol. The summed E-state index contributed by atoms with van der Waals surface area (Å²) >= 11 is 3.31. The van der Waals surface area contributed by atoms with Crippen molar-refractivity contribution in [1.29, 1.82) is 0 Å². The Bertz CT molecular complexity index is 586. The van der Waals surface area contributed by atoms with E-state index in [1.807, 2.05) is 0 Å². The van der Waals surface area contributed by atoms with Crippen molar-refractivity contribution in [2.24, 2.45) is 0 Å². The quantitative estimate of drug-likeness (QED) is 0.640. The summed E-state index contributed by atoms with van der Waals surface area (Å²) < 4.78 is 0.597. The standard InChI is InChI=1S/C10H11BrN6O2/c1-6-7(17(18)19)4-13-10(9(6)11)12-3-2-8-14-5-15-16-8/h4-5H,2-3H2,1H3,(H,12,13)(H,14,15,16). The Balaban J connectivity index is 2.05. The van der Waals surface area contributed by atoms with Crippen LogP contribution in [0.4, 0.5) is 11.5 Å². The van der Waals surface area contributed by atoms with Gasteiger partial charge in [-0.15, -0.1) is 0 Å². The highest BCUT2D eigenvalue weighted by atomic mass is 79.9. The van der Waals surface area contributed by atoms with Gasteiger partial charge in [-0.05, 0) is 22.9 Å². The molecule has 0 saturated heterocycles. The molecular formula is C10H11BrN6O2. The third-order valence-electron chi connectivity index (χ3n) is 2.55. The van der Waals surface area contributed by atoms with Gasteiger partial charge in [0.15, 0.2) is 0 Å². The Labute approximate surface area is 116 Å². The Hall–Kier alpha value is -2.03. The van der Waals surface area contributed by atoms with E-state index in [1.165, 1.54) is 12.5 Å². The lowest BCUT2D eigenvalue weighted by Crippen LogP contribution is -2.09. The smallest absolute Gasteiger partial charge is 0.291 e. The van der Waals surface area contributed by atoms with Crippen LogP contribution in [0.2, 0.25) is 0 Å². The van der Waals surface area contributed by atoms with E-state index in [2.05, 4.69) is 41.4 Å². The lowest BCUT2D eigenvalue weighted by molar-refractivity contribution is -0.385. The van der Waals surface area contributed by atoms with Crippen molar-refractivity contribution in [3.63, 3.8) is 0 Å². The third kappa shape index (κ3) is 3.05.